The highest BCUT2D eigenvalue weighted by Gasteiger charge is 2.53. The minimum Gasteiger partial charge on any atom is -0.461 e. The first kappa shape index (κ1) is 69.1. The predicted octanol–water partition coefficient (Wildman–Crippen LogP) is 11.2. The number of oxazole rings is 2. The Morgan fingerprint density at radius 2 is 1.22 bits per heavy atom. The van der Waals surface area contributed by atoms with E-state index >= 15 is 9.59 Å². The zero-order chi connectivity index (χ0) is 67.7. The molecule has 9 aromatic rings. The summed E-state index contributed by atoms with van der Waals surface area (Å²) in [4.78, 5) is 79.4. The van der Waals surface area contributed by atoms with Gasteiger partial charge in [0.05, 0.1) is 32.1 Å². The highest BCUT2D eigenvalue weighted by Crippen LogP contribution is 2.41. The number of pyridine rings is 1. The SMILES string of the molecule is CCOC(=O)c1csc(-c2ccc(C(OC)OC)nc2-c2coc([C@H](CO[Si](c3ccccc3)(c3ccccc3)C(C)(C)C)NC(=O)[C@H](CO[Si](c3ccccc3)(c3ccccc3)C(C)(C)C)NC(=O)c3nc([C@@H]4COC(C)(C)N4C(=O)OCc4ccccc4)oc3C)n2)n1. The van der Waals surface area contributed by atoms with Crippen LogP contribution in [0.1, 0.15) is 130 Å². The van der Waals surface area contributed by atoms with Crippen LogP contribution in [0.4, 0.5) is 4.79 Å². The zero-order valence-electron chi connectivity index (χ0n) is 55.5. The molecule has 0 bridgehead atoms. The Kier molecular flexibility index (Phi) is 21.4. The summed E-state index contributed by atoms with van der Waals surface area (Å²) in [5.41, 5.74) is 1.04. The molecule has 1 aliphatic rings. The third-order valence-electron chi connectivity index (χ3n) is 16.8. The molecular weight excluding hydrogens is 1260 g/mol. The van der Waals surface area contributed by atoms with Gasteiger partial charge in [0.15, 0.2) is 11.4 Å². The average molecular weight is 1340 g/mol. The van der Waals surface area contributed by atoms with Gasteiger partial charge in [0, 0.05) is 25.2 Å². The molecule has 496 valence electrons. The highest BCUT2D eigenvalue weighted by molar-refractivity contribution is 7.13. The maximum absolute atomic E-state index is 16.1. The lowest BCUT2D eigenvalue weighted by atomic mass is 10.1. The van der Waals surface area contributed by atoms with Crippen molar-refractivity contribution in [2.24, 2.45) is 0 Å². The van der Waals surface area contributed by atoms with Crippen molar-refractivity contribution in [1.82, 2.24) is 35.5 Å². The Morgan fingerprint density at radius 3 is 1.75 bits per heavy atom. The molecular formula is C72H81N7O13SSi2. The highest BCUT2D eigenvalue weighted by atomic mass is 32.1. The lowest BCUT2D eigenvalue weighted by Crippen LogP contribution is -2.68. The number of rotatable bonds is 25. The van der Waals surface area contributed by atoms with Crippen LogP contribution in [-0.2, 0) is 43.9 Å². The third kappa shape index (κ3) is 14.7. The maximum atomic E-state index is 16.1. The fraction of sp³-hybridized carbons (Fsp3) is 0.333. The maximum Gasteiger partial charge on any atom is 0.413 e. The van der Waals surface area contributed by atoms with Crippen molar-refractivity contribution in [3.8, 4) is 22.0 Å². The van der Waals surface area contributed by atoms with Gasteiger partial charge in [-0.15, -0.1) is 11.3 Å². The molecule has 4 aromatic heterocycles. The summed E-state index contributed by atoms with van der Waals surface area (Å²) < 4.78 is 56.5. The van der Waals surface area contributed by atoms with E-state index in [0.29, 0.717) is 22.0 Å². The van der Waals surface area contributed by atoms with Gasteiger partial charge in [-0.25, -0.2) is 29.5 Å². The van der Waals surface area contributed by atoms with Crippen LogP contribution in [0, 0.1) is 6.92 Å². The number of thiazole rings is 1. The van der Waals surface area contributed by atoms with Crippen LogP contribution < -0.4 is 31.4 Å². The van der Waals surface area contributed by atoms with Gasteiger partial charge in [-0.2, -0.15) is 0 Å². The fourth-order valence-electron chi connectivity index (χ4n) is 12.3. The topological polar surface area (TPSA) is 238 Å². The van der Waals surface area contributed by atoms with E-state index in [1.165, 1.54) is 36.7 Å². The molecule has 1 saturated heterocycles. The van der Waals surface area contributed by atoms with Gasteiger partial charge in [0.1, 0.15) is 58.9 Å². The van der Waals surface area contributed by atoms with E-state index < -0.39 is 80.7 Å². The molecule has 0 aliphatic carbocycles. The largest absolute Gasteiger partial charge is 0.461 e. The zero-order valence-corrected chi connectivity index (χ0v) is 58.4. The lowest BCUT2D eigenvalue weighted by molar-refractivity contribution is -0.125. The van der Waals surface area contributed by atoms with Gasteiger partial charge in [-0.3, -0.25) is 14.5 Å². The second-order valence-corrected chi connectivity index (χ2v) is 34.9. The molecule has 3 amide bonds. The van der Waals surface area contributed by atoms with Gasteiger partial charge in [0.25, 0.3) is 22.5 Å². The number of nitrogens with zero attached hydrogens (tertiary/aromatic N) is 5. The third-order valence-corrected chi connectivity index (χ3v) is 27.7. The van der Waals surface area contributed by atoms with Crippen LogP contribution in [-0.4, -0.2) is 118 Å². The number of amides is 3. The minimum atomic E-state index is -3.44. The smallest absolute Gasteiger partial charge is 0.413 e. The van der Waals surface area contributed by atoms with E-state index in [9.17, 15) is 9.59 Å². The van der Waals surface area contributed by atoms with Crippen LogP contribution in [0.2, 0.25) is 10.1 Å². The average Bonchev–Trinajstić information content (AvgIpc) is 1.60. The van der Waals surface area contributed by atoms with Crippen molar-refractivity contribution in [2.45, 2.75) is 116 Å². The summed E-state index contributed by atoms with van der Waals surface area (Å²) in [6.07, 6.45) is -0.128. The first-order valence-electron chi connectivity index (χ1n) is 31.4. The van der Waals surface area contributed by atoms with Gasteiger partial charge in [-0.05, 0) is 76.2 Å². The molecule has 0 spiro atoms. The van der Waals surface area contributed by atoms with Crippen LogP contribution in [0.15, 0.2) is 184 Å². The molecule has 23 heteroatoms. The molecule has 1 fully saturated rings. The Labute approximate surface area is 560 Å². The number of ether oxygens (including phenoxy) is 5. The summed E-state index contributed by atoms with van der Waals surface area (Å²) in [6, 6.07) is 49.4. The molecule has 0 unspecified atom stereocenters. The molecule has 5 heterocycles. The number of aryl methyl sites for hydroxylation is 1. The van der Waals surface area contributed by atoms with Crippen LogP contribution in [0.25, 0.3) is 22.0 Å². The Balaban J connectivity index is 1.08. The van der Waals surface area contributed by atoms with Crippen molar-refractivity contribution in [1.29, 1.82) is 0 Å². The number of methoxy groups -OCH3 is 2. The van der Waals surface area contributed by atoms with Crippen LogP contribution in [0.3, 0.4) is 0 Å². The monoisotopic (exact) mass is 1340 g/mol. The second kappa shape index (κ2) is 29.5. The summed E-state index contributed by atoms with van der Waals surface area (Å²) in [5, 5.41) is 11.1. The van der Waals surface area contributed by atoms with E-state index in [1.807, 2.05) is 127 Å². The molecule has 0 radical (unpaired) electrons. The summed E-state index contributed by atoms with van der Waals surface area (Å²) in [7, 11) is -3.84. The fourth-order valence-corrected chi connectivity index (χ4v) is 22.2. The minimum absolute atomic E-state index is 0.00418. The Morgan fingerprint density at radius 1 is 0.684 bits per heavy atom. The molecule has 0 saturated carbocycles. The Bertz CT molecular complexity index is 3990. The quantitative estimate of drug-likeness (QED) is 0.0307. The van der Waals surface area contributed by atoms with Crippen LogP contribution in [0.5, 0.6) is 0 Å². The number of hydrogen-bond acceptors (Lipinski definition) is 18. The summed E-state index contributed by atoms with van der Waals surface area (Å²) >= 11 is 1.22. The molecule has 20 nitrogen and oxygen atoms in total. The van der Waals surface area contributed by atoms with E-state index in [0.717, 1.165) is 26.3 Å². The first-order chi connectivity index (χ1) is 45.5. The molecule has 5 aromatic carbocycles. The van der Waals surface area contributed by atoms with Crippen molar-refractivity contribution in [2.75, 3.05) is 40.6 Å². The molecule has 3 atom stereocenters. The first-order valence-corrected chi connectivity index (χ1v) is 36.1. The van der Waals surface area contributed by atoms with Crippen molar-refractivity contribution >= 4 is 72.6 Å². The van der Waals surface area contributed by atoms with Gasteiger partial charge in [0.2, 0.25) is 24.0 Å². The number of benzene rings is 5. The number of hydrogen-bond donors (Lipinski definition) is 2. The van der Waals surface area contributed by atoms with Crippen molar-refractivity contribution in [3.05, 3.63) is 216 Å². The summed E-state index contributed by atoms with van der Waals surface area (Å²) in [6.45, 7) is 19.2. The normalized spacial score (nSPS) is 14.9. The number of aromatic nitrogens is 4. The van der Waals surface area contributed by atoms with Gasteiger partial charge >= 0.3 is 12.1 Å². The second-order valence-electron chi connectivity index (χ2n) is 25.4. The molecule has 10 rings (SSSR count). The molecule has 1 aliphatic heterocycles. The van der Waals surface area contributed by atoms with Crippen molar-refractivity contribution < 1.29 is 60.5 Å². The van der Waals surface area contributed by atoms with E-state index in [4.69, 9.17) is 56.3 Å². The van der Waals surface area contributed by atoms with Gasteiger partial charge in [-0.1, -0.05) is 193 Å². The van der Waals surface area contributed by atoms with E-state index in [1.54, 1.807) is 45.2 Å². The van der Waals surface area contributed by atoms with E-state index in [2.05, 4.69) is 81.4 Å². The molecule has 95 heavy (non-hydrogen) atoms. The number of carbonyl (C=O) groups is 4. The number of esters is 1. The van der Waals surface area contributed by atoms with Crippen LogP contribution >= 0.6 is 11.3 Å². The standard InChI is InChI=1S/C72H81N7O13SSi2/c1-13-86-67(82)58-46-93-66(77-58)53-39-40-54(68(84-11)85-12)73-61(53)55-42-87-64(76-55)57(44-91-95(71(6,7)8,51-35-25-17-26-36-51)52-37-27-18-28-38-52)75-62(80)56(43-90-94(70(3,4)5,49-31-21-15-22-32-49)50-33-23-16-24-34-50)74-63(81)60-47(2)92-65(78-60)59-45-89-72(9,10)79(59)69(83)88-41-48-29-19-14-20-30-48/h14-40,42,46,56-57,59,68H,13,41,43-45H2,1-12H3,(H,74,81)(H,75,80)/t56-,57-,59-/m0/s1. The Hall–Kier alpha value is -8.79. The number of carbonyl (C=O) groups excluding carboxylic acids is 4. The van der Waals surface area contributed by atoms with Gasteiger partial charge < -0.3 is 52.0 Å². The molecule has 2 N–H and O–H groups in total. The van der Waals surface area contributed by atoms with E-state index in [-0.39, 0.29) is 67.7 Å². The summed E-state index contributed by atoms with van der Waals surface area (Å²) in [5.74, 6) is -1.87. The lowest BCUT2D eigenvalue weighted by Gasteiger charge is -2.44. The predicted molar refractivity (Wildman–Crippen MR) is 365 cm³/mol. The van der Waals surface area contributed by atoms with Crippen molar-refractivity contribution in [3.63, 3.8) is 0 Å². The number of nitrogens with one attached hydrogen (secondary N) is 2.